The van der Waals surface area contributed by atoms with E-state index in [2.05, 4.69) is 15.9 Å². The first-order chi connectivity index (χ1) is 11.1. The third kappa shape index (κ3) is 3.52. The van der Waals surface area contributed by atoms with Gasteiger partial charge in [0.1, 0.15) is 11.5 Å². The molecule has 1 aliphatic carbocycles. The summed E-state index contributed by atoms with van der Waals surface area (Å²) in [4.78, 5) is 12.5. The van der Waals surface area contributed by atoms with Crippen molar-refractivity contribution < 1.29 is 9.52 Å². The Morgan fingerprint density at radius 2 is 2.00 bits per heavy atom. The smallest absolute Gasteiger partial charge is 0.343 e. The van der Waals surface area contributed by atoms with Crippen molar-refractivity contribution in [3.63, 3.8) is 0 Å². The maximum Gasteiger partial charge on any atom is 0.343 e. The van der Waals surface area contributed by atoms with Crippen molar-refractivity contribution in [1.29, 1.82) is 0 Å². The Bertz CT molecular complexity index is 732. The molecule has 3 nitrogen and oxygen atoms in total. The molecule has 0 radical (unpaired) electrons. The van der Waals surface area contributed by atoms with Crippen molar-refractivity contribution in [2.45, 2.75) is 44.9 Å². The molecule has 0 amide bonds. The molecular formula is C19H21BrO3. The van der Waals surface area contributed by atoms with Gasteiger partial charge in [-0.05, 0) is 40.3 Å². The number of halogens is 1. The van der Waals surface area contributed by atoms with Gasteiger partial charge in [-0.15, -0.1) is 0 Å². The predicted octanol–water partition coefficient (Wildman–Crippen LogP) is 4.99. The normalized spacial score (nSPS) is 15.6. The molecule has 0 aliphatic heterocycles. The molecule has 1 atom stereocenters. The van der Waals surface area contributed by atoms with Crippen molar-refractivity contribution in [2.24, 2.45) is 5.92 Å². The van der Waals surface area contributed by atoms with E-state index in [0.717, 1.165) is 24.3 Å². The molecule has 1 fully saturated rings. The van der Waals surface area contributed by atoms with Gasteiger partial charge in [-0.1, -0.05) is 50.1 Å². The molecule has 1 N–H and O–H groups in total. The van der Waals surface area contributed by atoms with Crippen LogP contribution in [0.15, 0.2) is 44.0 Å². The minimum atomic E-state index is -0.424. The summed E-state index contributed by atoms with van der Waals surface area (Å²) < 4.78 is 6.07. The van der Waals surface area contributed by atoms with Gasteiger partial charge in [0, 0.05) is 12.3 Å². The van der Waals surface area contributed by atoms with Crippen molar-refractivity contribution in [3.8, 4) is 5.75 Å². The summed E-state index contributed by atoms with van der Waals surface area (Å²) in [5, 5.41) is 10.6. The number of hydrogen-bond donors (Lipinski definition) is 1. The molecular weight excluding hydrogens is 356 g/mol. The highest BCUT2D eigenvalue weighted by Crippen LogP contribution is 2.39. The molecule has 4 heteroatoms. The quantitative estimate of drug-likeness (QED) is 0.772. The molecule has 1 heterocycles. The number of benzene rings is 1. The molecule has 1 aliphatic rings. The summed E-state index contributed by atoms with van der Waals surface area (Å²) >= 11 is 3.42. The standard InChI is InChI=1S/C19H21BrO3/c1-2-14(13-6-4-3-5-7-13)16-18(21)17(20)15(23-19(16)22)11-10-12-8-9-12/h3-7,12,14,21H,2,8-11H2,1H3. The lowest BCUT2D eigenvalue weighted by Crippen LogP contribution is -2.15. The fraction of sp³-hybridized carbons (Fsp3) is 0.421. The van der Waals surface area contributed by atoms with E-state index in [1.165, 1.54) is 12.8 Å². The lowest BCUT2D eigenvalue weighted by atomic mass is 9.89. The fourth-order valence-electron chi connectivity index (χ4n) is 3.06. The number of aryl methyl sites for hydroxylation is 1. The fourth-order valence-corrected chi connectivity index (χ4v) is 3.55. The van der Waals surface area contributed by atoms with E-state index in [4.69, 9.17) is 4.42 Å². The molecule has 23 heavy (non-hydrogen) atoms. The maximum absolute atomic E-state index is 12.5. The average Bonchev–Trinajstić information content (AvgIpc) is 3.39. The second kappa shape index (κ2) is 6.91. The zero-order valence-corrected chi connectivity index (χ0v) is 14.8. The van der Waals surface area contributed by atoms with E-state index in [9.17, 15) is 9.90 Å². The lowest BCUT2D eigenvalue weighted by molar-refractivity contribution is 0.396. The zero-order chi connectivity index (χ0) is 16.4. The van der Waals surface area contributed by atoms with Crippen LogP contribution in [0.1, 0.15) is 55.4 Å². The minimum Gasteiger partial charge on any atom is -0.506 e. The molecule has 1 aromatic heterocycles. The molecule has 0 bridgehead atoms. The van der Waals surface area contributed by atoms with Gasteiger partial charge in [0.25, 0.3) is 0 Å². The van der Waals surface area contributed by atoms with E-state index in [1.54, 1.807) is 0 Å². The molecule has 122 valence electrons. The Kier molecular flexibility index (Phi) is 4.90. The number of rotatable bonds is 6. The maximum atomic E-state index is 12.5. The first-order valence-corrected chi connectivity index (χ1v) is 9.00. The van der Waals surface area contributed by atoms with Crippen LogP contribution >= 0.6 is 15.9 Å². The molecule has 0 spiro atoms. The van der Waals surface area contributed by atoms with Gasteiger partial charge in [-0.2, -0.15) is 0 Å². The Labute approximate surface area is 144 Å². The first-order valence-electron chi connectivity index (χ1n) is 8.21. The van der Waals surface area contributed by atoms with E-state index < -0.39 is 5.63 Å². The third-order valence-corrected chi connectivity index (χ3v) is 5.40. The van der Waals surface area contributed by atoms with Crippen LogP contribution in [-0.4, -0.2) is 5.11 Å². The highest BCUT2D eigenvalue weighted by molar-refractivity contribution is 9.10. The van der Waals surface area contributed by atoms with Gasteiger partial charge < -0.3 is 9.52 Å². The molecule has 1 aromatic carbocycles. The average molecular weight is 377 g/mol. The Hall–Kier alpha value is -1.55. The minimum absolute atomic E-state index is 0.0303. The summed E-state index contributed by atoms with van der Waals surface area (Å²) in [6.07, 6.45) is 4.94. The predicted molar refractivity (Wildman–Crippen MR) is 94.0 cm³/mol. The van der Waals surface area contributed by atoms with Crippen LogP contribution in [0.4, 0.5) is 0 Å². The van der Waals surface area contributed by atoms with Crippen LogP contribution in [0.25, 0.3) is 0 Å². The largest absolute Gasteiger partial charge is 0.506 e. The third-order valence-electron chi connectivity index (χ3n) is 4.58. The summed E-state index contributed by atoms with van der Waals surface area (Å²) in [5.74, 6) is 1.18. The van der Waals surface area contributed by atoms with E-state index in [1.807, 2.05) is 37.3 Å². The highest BCUT2D eigenvalue weighted by Gasteiger charge is 2.26. The monoisotopic (exact) mass is 376 g/mol. The zero-order valence-electron chi connectivity index (χ0n) is 13.2. The summed E-state index contributed by atoms with van der Waals surface area (Å²) in [7, 11) is 0. The summed E-state index contributed by atoms with van der Waals surface area (Å²) in [6, 6.07) is 9.77. The van der Waals surface area contributed by atoms with Gasteiger partial charge in [0.15, 0.2) is 0 Å². The topological polar surface area (TPSA) is 50.4 Å². The van der Waals surface area contributed by atoms with E-state index in [0.29, 0.717) is 22.2 Å². The van der Waals surface area contributed by atoms with Crippen molar-refractivity contribution in [3.05, 3.63) is 62.1 Å². The van der Waals surface area contributed by atoms with Gasteiger partial charge >= 0.3 is 5.63 Å². The van der Waals surface area contributed by atoms with Gasteiger partial charge in [0.05, 0.1) is 10.0 Å². The Morgan fingerprint density at radius 3 is 2.61 bits per heavy atom. The second-order valence-corrected chi connectivity index (χ2v) is 7.04. The van der Waals surface area contributed by atoms with E-state index >= 15 is 0 Å². The highest BCUT2D eigenvalue weighted by atomic mass is 79.9. The molecule has 3 rings (SSSR count). The van der Waals surface area contributed by atoms with Crippen LogP contribution in [0.5, 0.6) is 5.75 Å². The Morgan fingerprint density at radius 1 is 1.30 bits per heavy atom. The lowest BCUT2D eigenvalue weighted by Gasteiger charge is -2.17. The van der Waals surface area contributed by atoms with Crippen LogP contribution in [0.3, 0.4) is 0 Å². The first kappa shape index (κ1) is 16.3. The molecule has 2 aromatic rings. The van der Waals surface area contributed by atoms with Gasteiger partial charge in [-0.3, -0.25) is 0 Å². The molecule has 1 unspecified atom stereocenters. The van der Waals surface area contributed by atoms with Crippen molar-refractivity contribution in [1.82, 2.24) is 0 Å². The van der Waals surface area contributed by atoms with Crippen LogP contribution in [-0.2, 0) is 6.42 Å². The van der Waals surface area contributed by atoms with Crippen LogP contribution in [0.2, 0.25) is 0 Å². The van der Waals surface area contributed by atoms with Gasteiger partial charge in [0.2, 0.25) is 0 Å². The number of hydrogen-bond acceptors (Lipinski definition) is 3. The Balaban J connectivity index is 1.98. The number of aromatic hydroxyl groups is 1. The molecule has 1 saturated carbocycles. The molecule has 0 saturated heterocycles. The van der Waals surface area contributed by atoms with Gasteiger partial charge in [-0.25, -0.2) is 4.79 Å². The summed E-state index contributed by atoms with van der Waals surface area (Å²) in [5.41, 5.74) is 0.933. The second-order valence-electron chi connectivity index (χ2n) is 6.24. The van der Waals surface area contributed by atoms with Crippen molar-refractivity contribution in [2.75, 3.05) is 0 Å². The van der Waals surface area contributed by atoms with Crippen LogP contribution in [0, 0.1) is 5.92 Å². The van der Waals surface area contributed by atoms with E-state index in [-0.39, 0.29) is 11.7 Å². The summed E-state index contributed by atoms with van der Waals surface area (Å²) in [6.45, 7) is 2.01. The van der Waals surface area contributed by atoms with Crippen LogP contribution < -0.4 is 5.63 Å². The van der Waals surface area contributed by atoms with Crippen molar-refractivity contribution >= 4 is 15.9 Å². The SMILES string of the molecule is CCC(c1ccccc1)c1c(O)c(Br)c(CCC2CC2)oc1=O.